The number of nitrogens with two attached hydrogens (primary N) is 1. The summed E-state index contributed by atoms with van der Waals surface area (Å²) < 4.78 is 10.6. The maximum atomic E-state index is 12.1. The van der Waals surface area contributed by atoms with Crippen LogP contribution in [0.25, 0.3) is 10.8 Å². The molecule has 1 atom stereocenters. The highest BCUT2D eigenvalue weighted by Gasteiger charge is 2.26. The van der Waals surface area contributed by atoms with Crippen molar-refractivity contribution < 1.29 is 13.9 Å². The zero-order chi connectivity index (χ0) is 15.4. The van der Waals surface area contributed by atoms with Crippen molar-refractivity contribution >= 4 is 29.7 Å². The van der Waals surface area contributed by atoms with Gasteiger partial charge in [0, 0.05) is 18.6 Å². The number of thiazole rings is 1. The molecule has 2 aromatic heterocycles. The van der Waals surface area contributed by atoms with Crippen LogP contribution in [0.3, 0.4) is 0 Å². The summed E-state index contributed by atoms with van der Waals surface area (Å²) >= 11 is 1.49. The van der Waals surface area contributed by atoms with Gasteiger partial charge in [-0.2, -0.15) is 0 Å². The Bertz CT molecular complexity index is 611. The SMILES string of the molecule is Cl.NC(C(=O)NCc1csc(-c2ccco2)n1)C1CCOCC1. The van der Waals surface area contributed by atoms with Gasteiger partial charge in [0.15, 0.2) is 10.8 Å². The number of nitrogens with one attached hydrogen (secondary N) is 1. The van der Waals surface area contributed by atoms with E-state index in [0.717, 1.165) is 29.3 Å². The molecule has 0 spiro atoms. The van der Waals surface area contributed by atoms with Crippen molar-refractivity contribution in [3.05, 3.63) is 29.5 Å². The van der Waals surface area contributed by atoms with E-state index in [1.165, 1.54) is 11.3 Å². The van der Waals surface area contributed by atoms with Gasteiger partial charge in [0.2, 0.25) is 5.91 Å². The van der Waals surface area contributed by atoms with Crippen LogP contribution in [-0.4, -0.2) is 30.1 Å². The number of rotatable bonds is 5. The fraction of sp³-hybridized carbons (Fsp3) is 0.467. The van der Waals surface area contributed by atoms with Gasteiger partial charge in [-0.1, -0.05) is 0 Å². The van der Waals surface area contributed by atoms with Gasteiger partial charge < -0.3 is 20.2 Å². The van der Waals surface area contributed by atoms with Gasteiger partial charge in [-0.05, 0) is 30.9 Å². The highest BCUT2D eigenvalue weighted by molar-refractivity contribution is 7.13. The Labute approximate surface area is 144 Å². The fourth-order valence-electron chi connectivity index (χ4n) is 2.49. The zero-order valence-corrected chi connectivity index (χ0v) is 14.2. The van der Waals surface area contributed by atoms with Gasteiger partial charge in [0.1, 0.15) is 0 Å². The maximum Gasteiger partial charge on any atom is 0.237 e. The first-order valence-corrected chi connectivity index (χ1v) is 8.21. The Morgan fingerprint density at radius 1 is 1.48 bits per heavy atom. The first-order chi connectivity index (χ1) is 10.7. The lowest BCUT2D eigenvalue weighted by atomic mass is 9.92. The fourth-order valence-corrected chi connectivity index (χ4v) is 3.27. The average Bonchev–Trinajstić information content (AvgIpc) is 3.23. The van der Waals surface area contributed by atoms with Gasteiger partial charge in [-0.15, -0.1) is 23.7 Å². The molecule has 3 N–H and O–H groups in total. The number of carbonyl (C=O) groups excluding carboxylic acids is 1. The number of aromatic nitrogens is 1. The van der Waals surface area contributed by atoms with Gasteiger partial charge in [-0.25, -0.2) is 4.98 Å². The molecule has 1 amide bonds. The summed E-state index contributed by atoms with van der Waals surface area (Å²) in [6.45, 7) is 1.75. The summed E-state index contributed by atoms with van der Waals surface area (Å²) in [4.78, 5) is 16.6. The molecule has 0 aliphatic carbocycles. The minimum atomic E-state index is -0.480. The topological polar surface area (TPSA) is 90.4 Å². The summed E-state index contributed by atoms with van der Waals surface area (Å²) in [7, 11) is 0. The Hall–Kier alpha value is -1.41. The van der Waals surface area contributed by atoms with Crippen LogP contribution in [0.15, 0.2) is 28.2 Å². The minimum Gasteiger partial charge on any atom is -0.462 e. The van der Waals surface area contributed by atoms with Crippen LogP contribution >= 0.6 is 23.7 Å². The molecule has 0 saturated carbocycles. The molecule has 126 valence electrons. The van der Waals surface area contributed by atoms with Crippen LogP contribution in [-0.2, 0) is 16.1 Å². The van der Waals surface area contributed by atoms with E-state index in [2.05, 4.69) is 10.3 Å². The summed E-state index contributed by atoms with van der Waals surface area (Å²) in [6.07, 6.45) is 3.30. The van der Waals surface area contributed by atoms with Crippen LogP contribution in [0, 0.1) is 5.92 Å². The Kier molecular flexibility index (Phi) is 6.59. The van der Waals surface area contributed by atoms with Crippen LogP contribution in [0.1, 0.15) is 18.5 Å². The maximum absolute atomic E-state index is 12.1. The smallest absolute Gasteiger partial charge is 0.237 e. The van der Waals surface area contributed by atoms with Crippen LogP contribution < -0.4 is 11.1 Å². The Morgan fingerprint density at radius 2 is 2.26 bits per heavy atom. The first kappa shape index (κ1) is 17.9. The molecule has 3 rings (SSSR count). The van der Waals surface area contributed by atoms with Crippen LogP contribution in [0.5, 0.6) is 0 Å². The molecule has 1 aliphatic rings. The van der Waals surface area contributed by atoms with Crippen molar-refractivity contribution in [3.8, 4) is 10.8 Å². The number of furan rings is 1. The third-order valence-electron chi connectivity index (χ3n) is 3.80. The number of nitrogens with zero attached hydrogens (tertiary/aromatic N) is 1. The number of halogens is 1. The van der Waals surface area contributed by atoms with Crippen LogP contribution in [0.4, 0.5) is 0 Å². The second kappa shape index (κ2) is 8.44. The van der Waals surface area contributed by atoms with E-state index in [0.29, 0.717) is 19.8 Å². The normalized spacial score (nSPS) is 16.6. The van der Waals surface area contributed by atoms with E-state index in [4.69, 9.17) is 14.9 Å². The lowest BCUT2D eigenvalue weighted by molar-refractivity contribution is -0.124. The molecule has 1 fully saturated rings. The number of amides is 1. The molecule has 3 heterocycles. The van der Waals surface area contributed by atoms with Gasteiger partial charge >= 0.3 is 0 Å². The lowest BCUT2D eigenvalue weighted by Gasteiger charge is -2.26. The van der Waals surface area contributed by atoms with Gasteiger partial charge in [0.05, 0.1) is 24.5 Å². The van der Waals surface area contributed by atoms with Crippen molar-refractivity contribution in [2.24, 2.45) is 11.7 Å². The lowest BCUT2D eigenvalue weighted by Crippen LogP contribution is -2.46. The number of ether oxygens (including phenoxy) is 1. The second-order valence-electron chi connectivity index (χ2n) is 5.31. The molecule has 0 radical (unpaired) electrons. The van der Waals surface area contributed by atoms with Crippen molar-refractivity contribution in [1.29, 1.82) is 0 Å². The molecule has 0 bridgehead atoms. The Balaban J connectivity index is 0.00000192. The molecule has 1 saturated heterocycles. The number of hydrogen-bond acceptors (Lipinski definition) is 6. The second-order valence-corrected chi connectivity index (χ2v) is 6.17. The van der Waals surface area contributed by atoms with E-state index in [-0.39, 0.29) is 24.2 Å². The third-order valence-corrected chi connectivity index (χ3v) is 4.71. The standard InChI is InChI=1S/C15H19N3O3S.ClH/c16-13(10-3-6-20-7-4-10)14(19)17-8-11-9-22-15(18-11)12-2-1-5-21-12;/h1-2,5,9-10,13H,3-4,6-8,16H2,(H,17,19);1H. The number of hydrogen-bond donors (Lipinski definition) is 2. The summed E-state index contributed by atoms with van der Waals surface area (Å²) in [6, 6.07) is 3.21. The molecule has 23 heavy (non-hydrogen) atoms. The summed E-state index contributed by atoms with van der Waals surface area (Å²) in [5, 5.41) is 5.59. The van der Waals surface area contributed by atoms with Crippen molar-refractivity contribution in [1.82, 2.24) is 10.3 Å². The van der Waals surface area contributed by atoms with E-state index < -0.39 is 6.04 Å². The van der Waals surface area contributed by atoms with Gasteiger partial charge in [-0.3, -0.25) is 4.79 Å². The molecule has 8 heteroatoms. The quantitative estimate of drug-likeness (QED) is 0.856. The van der Waals surface area contributed by atoms with E-state index >= 15 is 0 Å². The molecule has 1 aliphatic heterocycles. The van der Waals surface area contributed by atoms with Crippen molar-refractivity contribution in [3.63, 3.8) is 0 Å². The monoisotopic (exact) mass is 357 g/mol. The largest absolute Gasteiger partial charge is 0.462 e. The molecule has 1 unspecified atom stereocenters. The zero-order valence-electron chi connectivity index (χ0n) is 12.6. The number of carbonyl (C=O) groups is 1. The van der Waals surface area contributed by atoms with Crippen molar-refractivity contribution in [2.75, 3.05) is 13.2 Å². The van der Waals surface area contributed by atoms with Gasteiger partial charge in [0.25, 0.3) is 0 Å². The minimum absolute atomic E-state index is 0. The molecular weight excluding hydrogens is 338 g/mol. The predicted octanol–water partition coefficient (Wildman–Crippen LogP) is 2.20. The third kappa shape index (κ3) is 4.54. The average molecular weight is 358 g/mol. The Morgan fingerprint density at radius 3 is 2.96 bits per heavy atom. The van der Waals surface area contributed by atoms with Crippen LogP contribution in [0.2, 0.25) is 0 Å². The molecule has 0 aromatic carbocycles. The van der Waals surface area contributed by atoms with E-state index in [9.17, 15) is 4.79 Å². The van der Waals surface area contributed by atoms with E-state index in [1.54, 1.807) is 6.26 Å². The summed E-state index contributed by atoms with van der Waals surface area (Å²) in [5.41, 5.74) is 6.85. The molecule has 2 aromatic rings. The first-order valence-electron chi connectivity index (χ1n) is 7.33. The summed E-state index contributed by atoms with van der Waals surface area (Å²) in [5.74, 6) is 0.809. The van der Waals surface area contributed by atoms with Crippen molar-refractivity contribution in [2.45, 2.75) is 25.4 Å². The highest BCUT2D eigenvalue weighted by atomic mass is 35.5. The molecular formula is C15H20ClN3O3S. The molecule has 6 nitrogen and oxygen atoms in total. The predicted molar refractivity (Wildman–Crippen MR) is 90.4 cm³/mol. The highest BCUT2D eigenvalue weighted by Crippen LogP contribution is 2.24. The van der Waals surface area contributed by atoms with E-state index in [1.807, 2.05) is 17.5 Å².